The van der Waals surface area contributed by atoms with E-state index in [1.165, 1.54) is 4.31 Å². The monoisotopic (exact) mass is 238 g/mol. The lowest BCUT2D eigenvalue weighted by Gasteiger charge is -2.17. The largest absolute Gasteiger partial charge is 0.481 e. The quantitative estimate of drug-likeness (QED) is 0.575. The molecule has 90 valence electrons. The minimum Gasteiger partial charge on any atom is -0.481 e. The fourth-order valence-electron chi connectivity index (χ4n) is 1.05. The molecule has 0 aliphatic carbocycles. The van der Waals surface area contributed by atoms with Crippen molar-refractivity contribution in [3.63, 3.8) is 0 Å². The highest BCUT2D eigenvalue weighted by Gasteiger charge is 2.12. The molecule has 0 aromatic carbocycles. The highest BCUT2D eigenvalue weighted by atomic mass is 32.2. The summed E-state index contributed by atoms with van der Waals surface area (Å²) in [5, 5.41) is 8.44. The zero-order valence-corrected chi connectivity index (χ0v) is 9.87. The second kappa shape index (κ2) is 7.75. The maximum atomic E-state index is 10.8. The maximum absolute atomic E-state index is 10.8. The molecule has 0 spiro atoms. The Kier molecular flexibility index (Phi) is 7.49. The first-order valence-electron chi connectivity index (χ1n) is 4.66. The van der Waals surface area contributed by atoms with E-state index in [1.807, 2.05) is 19.0 Å². The number of nitrogens with zero attached hydrogens (tertiary/aromatic N) is 2. The molecule has 6 nitrogen and oxygen atoms in total. The lowest BCUT2D eigenvalue weighted by atomic mass is 10.3. The summed E-state index contributed by atoms with van der Waals surface area (Å²) in [6.07, 6.45) is 0.618. The Morgan fingerprint density at radius 1 is 1.27 bits per heavy atom. The van der Waals surface area contributed by atoms with Crippen LogP contribution >= 0.6 is 0 Å². The van der Waals surface area contributed by atoms with E-state index < -0.39 is 17.2 Å². The van der Waals surface area contributed by atoms with Crippen molar-refractivity contribution < 1.29 is 18.7 Å². The molecule has 7 heteroatoms. The van der Waals surface area contributed by atoms with Gasteiger partial charge in [0.15, 0.2) is 0 Å². The molecule has 15 heavy (non-hydrogen) atoms. The Morgan fingerprint density at radius 2 is 1.87 bits per heavy atom. The predicted octanol–water partition coefficient (Wildman–Crippen LogP) is -0.148. The van der Waals surface area contributed by atoms with Crippen LogP contribution in [0.3, 0.4) is 0 Å². The summed E-state index contributed by atoms with van der Waals surface area (Å²) in [4.78, 5) is 12.3. The summed E-state index contributed by atoms with van der Waals surface area (Å²) in [5.74, 6) is -0.960. The van der Waals surface area contributed by atoms with E-state index in [0.29, 0.717) is 6.54 Å². The average Bonchev–Trinajstić information content (AvgIpc) is 2.09. The molecule has 0 fully saturated rings. The van der Waals surface area contributed by atoms with E-state index >= 15 is 0 Å². The Labute approximate surface area is 92.3 Å². The standard InChI is InChI=1S/C8H18N2O4S/c1-9(2)5-3-6-10(15(13)14)7-4-8(11)12/h3-7H2,1-2H3,(H,11,12)(H,13,14). The zero-order chi connectivity index (χ0) is 11.8. The number of hydrogen-bond donors (Lipinski definition) is 2. The van der Waals surface area contributed by atoms with E-state index in [4.69, 9.17) is 9.66 Å². The van der Waals surface area contributed by atoms with Gasteiger partial charge in [-0.1, -0.05) is 0 Å². The molecular formula is C8H18N2O4S. The molecule has 2 N–H and O–H groups in total. The van der Waals surface area contributed by atoms with Crippen LogP contribution in [-0.2, 0) is 16.1 Å². The Balaban J connectivity index is 3.84. The second-order valence-corrected chi connectivity index (χ2v) is 4.44. The van der Waals surface area contributed by atoms with Gasteiger partial charge in [-0.3, -0.25) is 9.35 Å². The van der Waals surface area contributed by atoms with Gasteiger partial charge in [0.2, 0.25) is 11.3 Å². The van der Waals surface area contributed by atoms with E-state index in [1.54, 1.807) is 0 Å². The van der Waals surface area contributed by atoms with E-state index in [-0.39, 0.29) is 13.0 Å². The van der Waals surface area contributed by atoms with Crippen LogP contribution < -0.4 is 0 Å². The van der Waals surface area contributed by atoms with Crippen molar-refractivity contribution in [3.05, 3.63) is 0 Å². The number of carbonyl (C=O) groups is 1. The van der Waals surface area contributed by atoms with Crippen molar-refractivity contribution in [2.45, 2.75) is 12.8 Å². The molecule has 0 aromatic rings. The van der Waals surface area contributed by atoms with Gasteiger partial charge in [0.05, 0.1) is 6.42 Å². The molecule has 0 bridgehead atoms. The van der Waals surface area contributed by atoms with Crippen LogP contribution in [0.5, 0.6) is 0 Å². The van der Waals surface area contributed by atoms with Crippen molar-refractivity contribution in [2.75, 3.05) is 33.7 Å². The van der Waals surface area contributed by atoms with Gasteiger partial charge in [0, 0.05) is 13.1 Å². The van der Waals surface area contributed by atoms with Crippen molar-refractivity contribution in [2.24, 2.45) is 0 Å². The molecule has 0 aliphatic heterocycles. The first-order valence-corrected chi connectivity index (χ1v) is 5.72. The summed E-state index contributed by atoms with van der Waals surface area (Å²) in [6.45, 7) is 1.33. The summed E-state index contributed by atoms with van der Waals surface area (Å²) in [7, 11) is 3.83. The molecule has 0 aliphatic rings. The van der Waals surface area contributed by atoms with Gasteiger partial charge in [-0.25, -0.2) is 8.51 Å². The third-order valence-corrected chi connectivity index (χ3v) is 2.62. The third-order valence-electron chi connectivity index (χ3n) is 1.81. The molecule has 0 amide bonds. The molecule has 0 radical (unpaired) electrons. The fourth-order valence-corrected chi connectivity index (χ4v) is 1.58. The van der Waals surface area contributed by atoms with Crippen LogP contribution in [0.25, 0.3) is 0 Å². The van der Waals surface area contributed by atoms with Crippen molar-refractivity contribution in [1.82, 2.24) is 9.21 Å². The number of aliphatic carboxylic acids is 1. The number of carboxylic acids is 1. The molecular weight excluding hydrogens is 220 g/mol. The summed E-state index contributed by atoms with van der Waals surface area (Å²) in [6, 6.07) is 0. The lowest BCUT2D eigenvalue weighted by molar-refractivity contribution is -0.137. The van der Waals surface area contributed by atoms with Crippen molar-refractivity contribution >= 4 is 17.2 Å². The van der Waals surface area contributed by atoms with Gasteiger partial charge in [0.25, 0.3) is 0 Å². The van der Waals surface area contributed by atoms with Crippen LogP contribution in [0, 0.1) is 0 Å². The van der Waals surface area contributed by atoms with Crippen LogP contribution in [0.15, 0.2) is 0 Å². The third kappa shape index (κ3) is 8.49. The highest BCUT2D eigenvalue weighted by Crippen LogP contribution is 1.98. The molecule has 0 aromatic heterocycles. The van der Waals surface area contributed by atoms with Gasteiger partial charge < -0.3 is 10.0 Å². The van der Waals surface area contributed by atoms with Crippen LogP contribution in [0.4, 0.5) is 0 Å². The molecule has 0 heterocycles. The fraction of sp³-hybridized carbons (Fsp3) is 0.875. The minimum absolute atomic E-state index is 0.103. The first kappa shape index (κ1) is 14.5. The SMILES string of the molecule is CN(C)CCCN(CCC(=O)O)S(=O)O. The van der Waals surface area contributed by atoms with E-state index in [9.17, 15) is 9.00 Å². The van der Waals surface area contributed by atoms with Gasteiger partial charge in [-0.05, 0) is 27.1 Å². The smallest absolute Gasteiger partial charge is 0.304 e. The van der Waals surface area contributed by atoms with Crippen LogP contribution in [0.2, 0.25) is 0 Å². The van der Waals surface area contributed by atoms with Gasteiger partial charge in [-0.2, -0.15) is 0 Å². The maximum Gasteiger partial charge on any atom is 0.304 e. The van der Waals surface area contributed by atoms with E-state index in [2.05, 4.69) is 0 Å². The number of carboxylic acid groups (broad SMARTS) is 1. The molecule has 1 unspecified atom stereocenters. The number of hydrogen-bond acceptors (Lipinski definition) is 3. The van der Waals surface area contributed by atoms with Gasteiger partial charge in [-0.15, -0.1) is 0 Å². The van der Waals surface area contributed by atoms with Gasteiger partial charge in [0.1, 0.15) is 0 Å². The molecule has 1 atom stereocenters. The Morgan fingerprint density at radius 3 is 2.27 bits per heavy atom. The summed E-state index contributed by atoms with van der Waals surface area (Å²) >= 11 is -2.08. The van der Waals surface area contributed by atoms with Crippen molar-refractivity contribution in [3.8, 4) is 0 Å². The van der Waals surface area contributed by atoms with Crippen LogP contribution in [0.1, 0.15) is 12.8 Å². The lowest BCUT2D eigenvalue weighted by Crippen LogP contribution is -2.31. The number of rotatable bonds is 8. The first-order chi connectivity index (χ1) is 6.93. The topological polar surface area (TPSA) is 81.1 Å². The van der Waals surface area contributed by atoms with Crippen molar-refractivity contribution in [1.29, 1.82) is 0 Å². The van der Waals surface area contributed by atoms with Crippen LogP contribution in [-0.4, -0.2) is 62.8 Å². The molecule has 0 saturated carbocycles. The van der Waals surface area contributed by atoms with Gasteiger partial charge >= 0.3 is 5.97 Å². The summed E-state index contributed by atoms with van der Waals surface area (Å²) in [5.41, 5.74) is 0. The van der Waals surface area contributed by atoms with E-state index in [0.717, 1.165) is 13.0 Å². The average molecular weight is 238 g/mol. The Hall–Kier alpha value is -0.500. The zero-order valence-electron chi connectivity index (χ0n) is 9.05. The predicted molar refractivity (Wildman–Crippen MR) is 57.8 cm³/mol. The Bertz CT molecular complexity index is 223. The summed E-state index contributed by atoms with van der Waals surface area (Å²) < 4.78 is 20.9. The highest BCUT2D eigenvalue weighted by molar-refractivity contribution is 7.76. The minimum atomic E-state index is -2.08. The molecule has 0 rings (SSSR count). The molecule has 0 saturated heterocycles. The normalized spacial score (nSPS) is 13.4. The second-order valence-electron chi connectivity index (χ2n) is 3.46.